The van der Waals surface area contributed by atoms with E-state index in [9.17, 15) is 9.59 Å². The lowest BCUT2D eigenvalue weighted by Crippen LogP contribution is -2.45. The second kappa shape index (κ2) is 8.25. The topological polar surface area (TPSA) is 66.6 Å². The first-order valence-corrected chi connectivity index (χ1v) is 7.34. The van der Waals surface area contributed by atoms with Gasteiger partial charge in [-0.15, -0.1) is 0 Å². The summed E-state index contributed by atoms with van der Waals surface area (Å²) in [6.45, 7) is 12.3. The van der Waals surface area contributed by atoms with E-state index < -0.39 is 0 Å². The first-order valence-electron chi connectivity index (χ1n) is 7.34. The molecular formula is C15H31N3O2. The second-order valence-corrected chi connectivity index (χ2v) is 6.64. The van der Waals surface area contributed by atoms with Gasteiger partial charge in [0.1, 0.15) is 0 Å². The molecule has 0 aliphatic rings. The Balaban J connectivity index is 4.46. The number of carbonyl (C=O) groups excluding carboxylic acids is 2. The number of carbonyl (C=O) groups is 2. The van der Waals surface area contributed by atoms with Gasteiger partial charge in [-0.25, -0.2) is 0 Å². The van der Waals surface area contributed by atoms with Crippen LogP contribution in [0.3, 0.4) is 0 Å². The summed E-state index contributed by atoms with van der Waals surface area (Å²) in [7, 11) is 2.06. The maximum Gasteiger partial charge on any atom is 0.225 e. The lowest BCUT2D eigenvalue weighted by Gasteiger charge is -2.34. The Bertz CT molecular complexity index is 322. The maximum absolute atomic E-state index is 12.2. The largest absolute Gasteiger partial charge is 0.370 e. The van der Waals surface area contributed by atoms with Crippen molar-refractivity contribution in [1.29, 1.82) is 0 Å². The molecule has 0 aromatic heterocycles. The summed E-state index contributed by atoms with van der Waals surface area (Å²) in [6.07, 6.45) is 0.962. The number of rotatable bonds is 8. The Labute approximate surface area is 123 Å². The van der Waals surface area contributed by atoms with Gasteiger partial charge in [-0.2, -0.15) is 0 Å². The van der Waals surface area contributed by atoms with Crippen LogP contribution in [0.4, 0.5) is 0 Å². The Morgan fingerprint density at radius 3 is 2.05 bits per heavy atom. The number of likely N-dealkylation sites (N-methyl/N-ethyl adjacent to an activating group) is 1. The van der Waals surface area contributed by atoms with E-state index in [0.717, 1.165) is 6.54 Å². The van der Waals surface area contributed by atoms with Crippen LogP contribution in [0.25, 0.3) is 0 Å². The van der Waals surface area contributed by atoms with Crippen LogP contribution in [0.15, 0.2) is 0 Å². The molecule has 0 fully saturated rings. The van der Waals surface area contributed by atoms with Crippen LogP contribution in [-0.4, -0.2) is 53.8 Å². The van der Waals surface area contributed by atoms with Gasteiger partial charge in [0, 0.05) is 37.5 Å². The highest BCUT2D eigenvalue weighted by Gasteiger charge is 2.21. The van der Waals surface area contributed by atoms with Crippen molar-refractivity contribution in [1.82, 2.24) is 9.80 Å². The number of hydrogen-bond acceptors (Lipinski definition) is 3. The van der Waals surface area contributed by atoms with Crippen LogP contribution in [0.5, 0.6) is 0 Å². The predicted molar refractivity (Wildman–Crippen MR) is 82.2 cm³/mol. The van der Waals surface area contributed by atoms with Crippen molar-refractivity contribution in [2.24, 2.45) is 11.7 Å². The molecule has 0 atom stereocenters. The molecule has 20 heavy (non-hydrogen) atoms. The standard InChI is InChI=1S/C15H31N3O2/c1-12(2)14(20)18(9-7-8-13(16)19)11-10-17(6)15(3,4)5/h12H,7-11H2,1-6H3,(H2,16,19). The highest BCUT2D eigenvalue weighted by atomic mass is 16.2. The van der Waals surface area contributed by atoms with Crippen LogP contribution in [0.2, 0.25) is 0 Å². The van der Waals surface area contributed by atoms with E-state index in [0.29, 0.717) is 25.9 Å². The van der Waals surface area contributed by atoms with Gasteiger partial charge in [-0.3, -0.25) is 14.5 Å². The minimum atomic E-state index is -0.311. The monoisotopic (exact) mass is 285 g/mol. The molecule has 0 bridgehead atoms. The number of primary amides is 1. The van der Waals surface area contributed by atoms with Gasteiger partial charge in [0.05, 0.1) is 0 Å². The fourth-order valence-electron chi connectivity index (χ4n) is 1.75. The molecule has 2 N–H and O–H groups in total. The van der Waals surface area contributed by atoms with Crippen molar-refractivity contribution in [2.75, 3.05) is 26.7 Å². The summed E-state index contributed by atoms with van der Waals surface area (Å²) < 4.78 is 0. The fourth-order valence-corrected chi connectivity index (χ4v) is 1.75. The summed E-state index contributed by atoms with van der Waals surface area (Å²) in [4.78, 5) is 27.0. The lowest BCUT2D eigenvalue weighted by molar-refractivity contribution is -0.135. The van der Waals surface area contributed by atoms with Crippen molar-refractivity contribution >= 4 is 11.8 Å². The second-order valence-electron chi connectivity index (χ2n) is 6.64. The lowest BCUT2D eigenvalue weighted by atomic mass is 10.1. The summed E-state index contributed by atoms with van der Waals surface area (Å²) in [5.74, 6) is -0.200. The Morgan fingerprint density at radius 2 is 1.65 bits per heavy atom. The third kappa shape index (κ3) is 7.48. The third-order valence-corrected chi connectivity index (χ3v) is 3.51. The molecule has 0 aromatic rings. The Hall–Kier alpha value is -1.10. The van der Waals surface area contributed by atoms with Gasteiger partial charge in [0.2, 0.25) is 11.8 Å². The van der Waals surface area contributed by atoms with Crippen molar-refractivity contribution in [3.05, 3.63) is 0 Å². The van der Waals surface area contributed by atoms with Gasteiger partial charge in [-0.05, 0) is 34.2 Å². The quantitative estimate of drug-likeness (QED) is 0.734. The maximum atomic E-state index is 12.2. The van der Waals surface area contributed by atoms with E-state index in [1.165, 1.54) is 0 Å². The molecule has 2 amide bonds. The number of nitrogens with two attached hydrogens (primary N) is 1. The minimum Gasteiger partial charge on any atom is -0.370 e. The number of amides is 2. The minimum absolute atomic E-state index is 0.0245. The third-order valence-electron chi connectivity index (χ3n) is 3.51. The van der Waals surface area contributed by atoms with Crippen molar-refractivity contribution < 1.29 is 9.59 Å². The molecule has 0 saturated heterocycles. The molecular weight excluding hydrogens is 254 g/mol. The smallest absolute Gasteiger partial charge is 0.225 e. The molecule has 118 valence electrons. The zero-order valence-corrected chi connectivity index (χ0v) is 13.9. The van der Waals surface area contributed by atoms with Gasteiger partial charge in [0.15, 0.2) is 0 Å². The summed E-state index contributed by atoms with van der Waals surface area (Å²) in [6, 6.07) is 0. The zero-order valence-electron chi connectivity index (χ0n) is 13.9. The van der Waals surface area contributed by atoms with Crippen LogP contribution in [-0.2, 0) is 9.59 Å². The molecule has 5 heteroatoms. The molecule has 0 unspecified atom stereocenters. The van der Waals surface area contributed by atoms with Gasteiger partial charge in [-0.1, -0.05) is 13.8 Å². The van der Waals surface area contributed by atoms with E-state index in [-0.39, 0.29) is 23.3 Å². The molecule has 0 aliphatic carbocycles. The summed E-state index contributed by atoms with van der Waals surface area (Å²) in [5, 5.41) is 0. The van der Waals surface area contributed by atoms with Crippen molar-refractivity contribution in [2.45, 2.75) is 53.0 Å². The summed E-state index contributed by atoms with van der Waals surface area (Å²) in [5.41, 5.74) is 5.23. The number of nitrogens with zero attached hydrogens (tertiary/aromatic N) is 2. The van der Waals surface area contributed by atoms with E-state index in [1.807, 2.05) is 18.7 Å². The molecule has 0 radical (unpaired) electrons. The Kier molecular flexibility index (Phi) is 7.79. The average molecular weight is 285 g/mol. The van der Waals surface area contributed by atoms with Gasteiger partial charge in [0.25, 0.3) is 0 Å². The van der Waals surface area contributed by atoms with Gasteiger partial charge < -0.3 is 10.6 Å². The molecule has 0 aromatic carbocycles. The normalized spacial score (nSPS) is 12.0. The van der Waals surface area contributed by atoms with E-state index >= 15 is 0 Å². The first kappa shape index (κ1) is 18.9. The highest BCUT2D eigenvalue weighted by molar-refractivity contribution is 5.78. The Morgan fingerprint density at radius 1 is 1.10 bits per heavy atom. The SMILES string of the molecule is CC(C)C(=O)N(CCCC(N)=O)CCN(C)C(C)(C)C. The zero-order chi connectivity index (χ0) is 15.9. The van der Waals surface area contributed by atoms with E-state index in [4.69, 9.17) is 5.73 Å². The van der Waals surface area contributed by atoms with Gasteiger partial charge >= 0.3 is 0 Å². The van der Waals surface area contributed by atoms with Crippen LogP contribution in [0, 0.1) is 5.92 Å². The van der Waals surface area contributed by atoms with Crippen LogP contribution < -0.4 is 5.73 Å². The fraction of sp³-hybridized carbons (Fsp3) is 0.867. The molecule has 5 nitrogen and oxygen atoms in total. The number of hydrogen-bond donors (Lipinski definition) is 1. The predicted octanol–water partition coefficient (Wildman–Crippen LogP) is 1.47. The molecule has 0 spiro atoms. The molecule has 0 saturated carbocycles. The molecule has 0 rings (SSSR count). The summed E-state index contributed by atoms with van der Waals surface area (Å²) >= 11 is 0. The van der Waals surface area contributed by atoms with Crippen LogP contribution in [0.1, 0.15) is 47.5 Å². The van der Waals surface area contributed by atoms with E-state index in [2.05, 4.69) is 32.7 Å². The average Bonchev–Trinajstić information content (AvgIpc) is 2.30. The van der Waals surface area contributed by atoms with Crippen molar-refractivity contribution in [3.63, 3.8) is 0 Å². The first-order chi connectivity index (χ1) is 9.05. The molecule has 0 aliphatic heterocycles. The highest BCUT2D eigenvalue weighted by Crippen LogP contribution is 2.11. The molecule has 0 heterocycles. The van der Waals surface area contributed by atoms with Crippen LogP contribution >= 0.6 is 0 Å². The van der Waals surface area contributed by atoms with Crippen molar-refractivity contribution in [3.8, 4) is 0 Å². The van der Waals surface area contributed by atoms with E-state index in [1.54, 1.807) is 0 Å².